The van der Waals surface area contributed by atoms with Crippen molar-refractivity contribution in [1.29, 1.82) is 0 Å². The highest BCUT2D eigenvalue weighted by atomic mass is 16.4. The van der Waals surface area contributed by atoms with E-state index in [4.69, 9.17) is 5.11 Å². The summed E-state index contributed by atoms with van der Waals surface area (Å²) in [5.41, 5.74) is 0. The van der Waals surface area contributed by atoms with Crippen molar-refractivity contribution in [2.45, 2.75) is 19.4 Å². The lowest BCUT2D eigenvalue weighted by atomic mass is 10.2. The average molecular weight is 261 g/mol. The van der Waals surface area contributed by atoms with Crippen LogP contribution in [-0.4, -0.2) is 43.9 Å². The second kappa shape index (κ2) is 5.47. The largest absolute Gasteiger partial charge is 0.480 e. The number of rotatable bonds is 5. The van der Waals surface area contributed by atoms with E-state index in [9.17, 15) is 4.79 Å². The Morgan fingerprint density at radius 3 is 2.89 bits per heavy atom. The topological polar surface area (TPSA) is 84.1 Å². The molecule has 2 rings (SSSR count). The van der Waals surface area contributed by atoms with Crippen LogP contribution in [0.25, 0.3) is 5.82 Å². The second-order valence-corrected chi connectivity index (χ2v) is 4.04. The van der Waals surface area contributed by atoms with Crippen LogP contribution in [0.3, 0.4) is 0 Å². The summed E-state index contributed by atoms with van der Waals surface area (Å²) >= 11 is 0. The highest BCUT2D eigenvalue weighted by molar-refractivity contribution is 5.77. The molecule has 19 heavy (non-hydrogen) atoms. The van der Waals surface area contributed by atoms with E-state index in [2.05, 4.69) is 15.1 Å². The summed E-state index contributed by atoms with van der Waals surface area (Å²) in [6, 6.07) is 2.86. The van der Waals surface area contributed by atoms with E-state index in [1.165, 1.54) is 0 Å². The van der Waals surface area contributed by atoms with Gasteiger partial charge in [0.05, 0.1) is 0 Å². The van der Waals surface area contributed by atoms with Gasteiger partial charge in [0.15, 0.2) is 5.82 Å². The van der Waals surface area contributed by atoms with Gasteiger partial charge in [0.1, 0.15) is 6.04 Å². The maximum absolute atomic E-state index is 11.1. The van der Waals surface area contributed by atoms with E-state index in [0.717, 1.165) is 0 Å². The first-order valence-corrected chi connectivity index (χ1v) is 5.92. The molecule has 0 bridgehead atoms. The summed E-state index contributed by atoms with van der Waals surface area (Å²) in [4.78, 5) is 21.1. The van der Waals surface area contributed by atoms with Crippen LogP contribution in [0.4, 0.5) is 5.95 Å². The average Bonchev–Trinajstić information content (AvgIpc) is 2.93. The Labute approximate surface area is 110 Å². The van der Waals surface area contributed by atoms with Crippen LogP contribution in [-0.2, 0) is 4.79 Å². The van der Waals surface area contributed by atoms with Crippen molar-refractivity contribution in [1.82, 2.24) is 19.7 Å². The summed E-state index contributed by atoms with van der Waals surface area (Å²) in [5, 5.41) is 13.2. The molecule has 1 atom stereocenters. The molecule has 2 heterocycles. The number of carbonyl (C=O) groups is 1. The zero-order valence-electron chi connectivity index (χ0n) is 10.8. The summed E-state index contributed by atoms with van der Waals surface area (Å²) in [6.45, 7) is 1.81. The number of carboxylic acid groups (broad SMARTS) is 1. The van der Waals surface area contributed by atoms with Crippen molar-refractivity contribution in [2.24, 2.45) is 0 Å². The van der Waals surface area contributed by atoms with Crippen molar-refractivity contribution in [3.8, 4) is 5.82 Å². The molecule has 1 N–H and O–H groups in total. The molecule has 0 amide bonds. The van der Waals surface area contributed by atoms with Gasteiger partial charge in [-0.1, -0.05) is 6.92 Å². The third-order valence-corrected chi connectivity index (χ3v) is 2.82. The molecule has 0 saturated heterocycles. The van der Waals surface area contributed by atoms with E-state index >= 15 is 0 Å². The summed E-state index contributed by atoms with van der Waals surface area (Å²) in [5.74, 6) is 0.0717. The van der Waals surface area contributed by atoms with Crippen LogP contribution in [0.2, 0.25) is 0 Å². The normalized spacial score (nSPS) is 12.1. The first kappa shape index (κ1) is 13.0. The molecular weight excluding hydrogens is 246 g/mol. The van der Waals surface area contributed by atoms with E-state index in [0.29, 0.717) is 18.2 Å². The van der Waals surface area contributed by atoms with Crippen LogP contribution >= 0.6 is 0 Å². The molecule has 0 radical (unpaired) electrons. The number of hydrogen-bond donors (Lipinski definition) is 1. The number of carboxylic acids is 1. The van der Waals surface area contributed by atoms with Gasteiger partial charge in [0, 0.05) is 31.7 Å². The van der Waals surface area contributed by atoms with Crippen LogP contribution in [0.15, 0.2) is 30.7 Å². The molecule has 0 fully saturated rings. The lowest BCUT2D eigenvalue weighted by Crippen LogP contribution is -2.39. The molecule has 100 valence electrons. The Kier molecular flexibility index (Phi) is 3.74. The van der Waals surface area contributed by atoms with Crippen molar-refractivity contribution in [2.75, 3.05) is 11.9 Å². The Morgan fingerprint density at radius 2 is 2.32 bits per heavy atom. The van der Waals surface area contributed by atoms with Gasteiger partial charge < -0.3 is 10.0 Å². The molecule has 1 unspecified atom stereocenters. The molecule has 7 nitrogen and oxygen atoms in total. The lowest BCUT2D eigenvalue weighted by Gasteiger charge is -2.23. The van der Waals surface area contributed by atoms with E-state index < -0.39 is 12.0 Å². The maximum Gasteiger partial charge on any atom is 0.326 e. The number of anilines is 1. The van der Waals surface area contributed by atoms with Gasteiger partial charge in [0.25, 0.3) is 0 Å². The molecule has 2 aromatic heterocycles. The number of hydrogen-bond acceptors (Lipinski definition) is 5. The van der Waals surface area contributed by atoms with E-state index in [1.807, 2.05) is 6.92 Å². The molecule has 0 aliphatic heterocycles. The van der Waals surface area contributed by atoms with E-state index in [1.54, 1.807) is 47.4 Å². The fraction of sp³-hybridized carbons (Fsp3) is 0.333. The number of aromatic nitrogens is 4. The quantitative estimate of drug-likeness (QED) is 0.863. The Balaban J connectivity index is 2.30. The molecule has 0 aromatic carbocycles. The minimum Gasteiger partial charge on any atom is -0.480 e. The first-order valence-electron chi connectivity index (χ1n) is 5.92. The first-order chi connectivity index (χ1) is 9.13. The minimum absolute atomic E-state index is 0.363. The second-order valence-electron chi connectivity index (χ2n) is 4.04. The summed E-state index contributed by atoms with van der Waals surface area (Å²) in [7, 11) is 1.67. The maximum atomic E-state index is 11.1. The molecule has 7 heteroatoms. The number of likely N-dealkylation sites (N-methyl/N-ethyl adjacent to an activating group) is 1. The Hall–Kier alpha value is -2.44. The lowest BCUT2D eigenvalue weighted by molar-refractivity contribution is -0.138. The Morgan fingerprint density at radius 1 is 1.53 bits per heavy atom. The summed E-state index contributed by atoms with van der Waals surface area (Å²) < 4.78 is 1.60. The van der Waals surface area contributed by atoms with Crippen molar-refractivity contribution in [3.63, 3.8) is 0 Å². The van der Waals surface area contributed by atoms with Gasteiger partial charge in [-0.25, -0.2) is 14.5 Å². The standard InChI is InChI=1S/C12H15N5O2/c1-3-9(11(18)19)16(2)12-13-7-5-10(15-12)17-8-4-6-14-17/h4-9H,3H2,1-2H3,(H,18,19). The van der Waals surface area contributed by atoms with Gasteiger partial charge in [0.2, 0.25) is 5.95 Å². The van der Waals surface area contributed by atoms with Crippen LogP contribution in [0.5, 0.6) is 0 Å². The smallest absolute Gasteiger partial charge is 0.326 e. The van der Waals surface area contributed by atoms with Crippen LogP contribution in [0, 0.1) is 0 Å². The Bertz CT molecular complexity index is 555. The predicted molar refractivity (Wildman–Crippen MR) is 69.3 cm³/mol. The summed E-state index contributed by atoms with van der Waals surface area (Å²) in [6.07, 6.45) is 5.48. The molecule has 0 saturated carbocycles. The van der Waals surface area contributed by atoms with Gasteiger partial charge in [-0.3, -0.25) is 0 Å². The third kappa shape index (κ3) is 2.70. The molecule has 0 aliphatic rings. The molecule has 0 spiro atoms. The molecule has 2 aromatic rings. The highest BCUT2D eigenvalue weighted by Gasteiger charge is 2.22. The fourth-order valence-corrected chi connectivity index (χ4v) is 1.79. The SMILES string of the molecule is CCC(C(=O)O)N(C)c1nccc(-n2cccn2)n1. The predicted octanol–water partition coefficient (Wildman–Crippen LogP) is 0.962. The zero-order chi connectivity index (χ0) is 13.8. The van der Waals surface area contributed by atoms with Gasteiger partial charge >= 0.3 is 5.97 Å². The molecule has 0 aliphatic carbocycles. The number of nitrogens with zero attached hydrogens (tertiary/aromatic N) is 5. The van der Waals surface area contributed by atoms with Crippen LogP contribution < -0.4 is 4.90 Å². The fourth-order valence-electron chi connectivity index (χ4n) is 1.79. The highest BCUT2D eigenvalue weighted by Crippen LogP contribution is 2.13. The zero-order valence-corrected chi connectivity index (χ0v) is 10.8. The van der Waals surface area contributed by atoms with Gasteiger partial charge in [-0.15, -0.1) is 0 Å². The van der Waals surface area contributed by atoms with Crippen molar-refractivity contribution < 1.29 is 9.90 Å². The van der Waals surface area contributed by atoms with Gasteiger partial charge in [-0.2, -0.15) is 10.1 Å². The van der Waals surface area contributed by atoms with Crippen molar-refractivity contribution >= 4 is 11.9 Å². The van der Waals surface area contributed by atoms with Crippen molar-refractivity contribution in [3.05, 3.63) is 30.7 Å². The minimum atomic E-state index is -0.891. The van der Waals surface area contributed by atoms with E-state index in [-0.39, 0.29) is 0 Å². The monoisotopic (exact) mass is 261 g/mol. The third-order valence-electron chi connectivity index (χ3n) is 2.82. The van der Waals surface area contributed by atoms with Gasteiger partial charge in [-0.05, 0) is 12.5 Å². The van der Waals surface area contributed by atoms with Crippen LogP contribution in [0.1, 0.15) is 13.3 Å². The molecular formula is C12H15N5O2. The number of aliphatic carboxylic acids is 1.